The van der Waals surface area contributed by atoms with Crippen molar-refractivity contribution in [3.8, 4) is 5.75 Å². The van der Waals surface area contributed by atoms with Gasteiger partial charge in [0.05, 0.1) is 5.01 Å². The summed E-state index contributed by atoms with van der Waals surface area (Å²) in [6.07, 6.45) is 2.15. The van der Waals surface area contributed by atoms with Gasteiger partial charge in [-0.25, -0.2) is 9.37 Å². The van der Waals surface area contributed by atoms with Crippen molar-refractivity contribution >= 4 is 28.8 Å². The number of carbonyl (C=O) groups is 1. The first-order valence-electron chi connectivity index (χ1n) is 9.47. The summed E-state index contributed by atoms with van der Waals surface area (Å²) in [7, 11) is 0. The van der Waals surface area contributed by atoms with E-state index in [2.05, 4.69) is 4.98 Å². The first-order valence-corrected chi connectivity index (χ1v) is 10.7. The van der Waals surface area contributed by atoms with Crippen LogP contribution in [0.3, 0.4) is 0 Å². The highest BCUT2D eigenvalue weighted by molar-refractivity contribution is 7.09. The smallest absolute Gasteiger partial charge is 0.273 e. The van der Waals surface area contributed by atoms with Gasteiger partial charge in [0.15, 0.2) is 0 Å². The Morgan fingerprint density at radius 2 is 1.97 bits per heavy atom. The fourth-order valence-electron chi connectivity index (χ4n) is 3.36. The van der Waals surface area contributed by atoms with Crippen molar-refractivity contribution in [3.63, 3.8) is 0 Å². The van der Waals surface area contributed by atoms with Gasteiger partial charge in [-0.3, -0.25) is 4.79 Å². The summed E-state index contributed by atoms with van der Waals surface area (Å²) in [6, 6.07) is 13.8. The molecular weight excluding hydrogens is 411 g/mol. The fraction of sp³-hybridized carbons (Fsp3) is 0.273. The lowest BCUT2D eigenvalue weighted by Crippen LogP contribution is -2.41. The van der Waals surface area contributed by atoms with Crippen LogP contribution in [-0.4, -0.2) is 35.0 Å². The monoisotopic (exact) mass is 430 g/mol. The highest BCUT2D eigenvalue weighted by Crippen LogP contribution is 2.23. The lowest BCUT2D eigenvalue weighted by atomic mass is 10.1. The van der Waals surface area contributed by atoms with Crippen LogP contribution in [0.25, 0.3) is 0 Å². The number of halogens is 2. The number of hydrogen-bond acceptors (Lipinski definition) is 4. The molecule has 0 bridgehead atoms. The average molecular weight is 431 g/mol. The zero-order valence-electron chi connectivity index (χ0n) is 15.7. The second-order valence-electron chi connectivity index (χ2n) is 7.00. The van der Waals surface area contributed by atoms with Crippen LogP contribution in [0, 0.1) is 5.82 Å². The predicted molar refractivity (Wildman–Crippen MR) is 112 cm³/mol. The molecule has 4 rings (SSSR count). The van der Waals surface area contributed by atoms with Crippen LogP contribution >= 0.6 is 22.9 Å². The summed E-state index contributed by atoms with van der Waals surface area (Å²) < 4.78 is 19.3. The van der Waals surface area contributed by atoms with Gasteiger partial charge in [0.2, 0.25) is 0 Å². The molecule has 1 saturated heterocycles. The summed E-state index contributed by atoms with van der Waals surface area (Å²) in [6.45, 7) is 1.27. The maximum absolute atomic E-state index is 13.3. The maximum Gasteiger partial charge on any atom is 0.273 e. The molecule has 0 atom stereocenters. The largest absolute Gasteiger partial charge is 0.490 e. The van der Waals surface area contributed by atoms with Crippen LogP contribution in [0.2, 0.25) is 5.02 Å². The topological polar surface area (TPSA) is 42.4 Å². The van der Waals surface area contributed by atoms with Crippen molar-refractivity contribution in [2.75, 3.05) is 13.1 Å². The predicted octanol–water partition coefficient (Wildman–Crippen LogP) is 5.21. The number of rotatable bonds is 5. The number of thiazole rings is 1. The van der Waals surface area contributed by atoms with Gasteiger partial charge in [-0.2, -0.15) is 0 Å². The molecule has 2 aromatic carbocycles. The van der Waals surface area contributed by atoms with Crippen LogP contribution in [0.4, 0.5) is 4.39 Å². The van der Waals surface area contributed by atoms with Gasteiger partial charge in [0.25, 0.3) is 5.91 Å². The van der Waals surface area contributed by atoms with E-state index in [1.165, 1.54) is 23.5 Å². The molecule has 1 fully saturated rings. The zero-order valence-corrected chi connectivity index (χ0v) is 17.3. The molecule has 3 aromatic rings. The second-order valence-corrected chi connectivity index (χ2v) is 8.38. The Labute approximate surface area is 177 Å². The Bertz CT molecular complexity index is 984. The highest BCUT2D eigenvalue weighted by atomic mass is 35.5. The molecule has 150 valence electrons. The van der Waals surface area contributed by atoms with E-state index in [1.807, 2.05) is 23.1 Å². The number of nitrogens with zero attached hydrogens (tertiary/aromatic N) is 2. The normalized spacial score (nSPS) is 14.8. The van der Waals surface area contributed by atoms with Crippen molar-refractivity contribution < 1.29 is 13.9 Å². The number of piperidine rings is 1. The van der Waals surface area contributed by atoms with E-state index in [-0.39, 0.29) is 17.8 Å². The Balaban J connectivity index is 1.31. The lowest BCUT2D eigenvalue weighted by molar-refractivity contribution is 0.0590. The number of likely N-dealkylation sites (tertiary alicyclic amines) is 1. The zero-order chi connectivity index (χ0) is 20.2. The Morgan fingerprint density at radius 3 is 2.69 bits per heavy atom. The molecule has 0 saturated carbocycles. The third-order valence-electron chi connectivity index (χ3n) is 4.86. The summed E-state index contributed by atoms with van der Waals surface area (Å²) in [4.78, 5) is 19.1. The van der Waals surface area contributed by atoms with E-state index in [0.717, 1.165) is 29.2 Å². The number of ether oxygens (including phenoxy) is 1. The second kappa shape index (κ2) is 8.93. The molecule has 1 amide bonds. The Kier molecular flexibility index (Phi) is 6.11. The van der Waals surface area contributed by atoms with Crippen molar-refractivity contribution in [1.82, 2.24) is 9.88 Å². The molecule has 0 spiro atoms. The highest BCUT2D eigenvalue weighted by Gasteiger charge is 2.26. The molecule has 0 N–H and O–H groups in total. The molecule has 4 nitrogen and oxygen atoms in total. The van der Waals surface area contributed by atoms with Crippen molar-refractivity contribution in [3.05, 3.63) is 81.0 Å². The molecule has 1 aliphatic heterocycles. The van der Waals surface area contributed by atoms with Crippen LogP contribution in [0.15, 0.2) is 53.9 Å². The summed E-state index contributed by atoms with van der Waals surface area (Å²) >= 11 is 7.33. The van der Waals surface area contributed by atoms with Gasteiger partial charge < -0.3 is 9.64 Å². The van der Waals surface area contributed by atoms with Crippen LogP contribution < -0.4 is 4.74 Å². The van der Waals surface area contributed by atoms with Crippen LogP contribution in [-0.2, 0) is 6.42 Å². The standard InChI is InChI=1S/C22H20ClFN2O2S/c23-16-4-6-18(7-5-16)28-19-8-10-26(11-9-19)22(27)20-14-29-21(25-20)13-15-2-1-3-17(24)12-15/h1-7,12,14,19H,8-11,13H2. The average Bonchev–Trinajstić information content (AvgIpc) is 3.18. The first-order chi connectivity index (χ1) is 14.1. The fourth-order valence-corrected chi connectivity index (χ4v) is 4.28. The first kappa shape index (κ1) is 19.9. The van der Waals surface area contributed by atoms with Gasteiger partial charge >= 0.3 is 0 Å². The Hall–Kier alpha value is -2.44. The quantitative estimate of drug-likeness (QED) is 0.558. The van der Waals surface area contributed by atoms with Gasteiger partial charge in [0.1, 0.15) is 23.4 Å². The number of benzene rings is 2. The molecule has 29 heavy (non-hydrogen) atoms. The van der Waals surface area contributed by atoms with E-state index in [9.17, 15) is 9.18 Å². The maximum atomic E-state index is 13.3. The van der Waals surface area contributed by atoms with Crippen LogP contribution in [0.5, 0.6) is 5.75 Å². The molecule has 0 radical (unpaired) electrons. The summed E-state index contributed by atoms with van der Waals surface area (Å²) in [5.74, 6) is 0.469. The number of aromatic nitrogens is 1. The van der Waals surface area contributed by atoms with Gasteiger partial charge in [-0.1, -0.05) is 23.7 Å². The molecule has 1 aromatic heterocycles. The van der Waals surface area contributed by atoms with Gasteiger partial charge in [-0.05, 0) is 42.0 Å². The lowest BCUT2D eigenvalue weighted by Gasteiger charge is -2.31. The minimum Gasteiger partial charge on any atom is -0.490 e. The van der Waals surface area contributed by atoms with Crippen molar-refractivity contribution in [2.45, 2.75) is 25.4 Å². The summed E-state index contributed by atoms with van der Waals surface area (Å²) in [5.41, 5.74) is 1.30. The third-order valence-corrected chi connectivity index (χ3v) is 5.96. The van der Waals surface area contributed by atoms with E-state index in [1.54, 1.807) is 23.6 Å². The number of hydrogen-bond donors (Lipinski definition) is 0. The van der Waals surface area contributed by atoms with E-state index >= 15 is 0 Å². The molecule has 0 unspecified atom stereocenters. The van der Waals surface area contributed by atoms with Crippen molar-refractivity contribution in [2.24, 2.45) is 0 Å². The van der Waals surface area contributed by atoms with Gasteiger partial charge in [-0.15, -0.1) is 11.3 Å². The molecule has 0 aliphatic carbocycles. The minimum absolute atomic E-state index is 0.0586. The SMILES string of the molecule is O=C(c1csc(Cc2cccc(F)c2)n1)N1CCC(Oc2ccc(Cl)cc2)CC1. The number of carbonyl (C=O) groups excluding carboxylic acids is 1. The van der Waals surface area contributed by atoms with Crippen molar-refractivity contribution in [1.29, 1.82) is 0 Å². The van der Waals surface area contributed by atoms with Crippen LogP contribution in [0.1, 0.15) is 33.9 Å². The third kappa shape index (κ3) is 5.14. The minimum atomic E-state index is -0.265. The molecule has 7 heteroatoms. The van der Waals surface area contributed by atoms with E-state index in [0.29, 0.717) is 30.2 Å². The molecule has 1 aliphatic rings. The number of amides is 1. The molecular formula is C22H20ClFN2O2S. The van der Waals surface area contributed by atoms with E-state index in [4.69, 9.17) is 16.3 Å². The molecule has 2 heterocycles. The van der Waals surface area contributed by atoms with E-state index < -0.39 is 0 Å². The Morgan fingerprint density at radius 1 is 1.21 bits per heavy atom. The van der Waals surface area contributed by atoms with Gasteiger partial charge in [0, 0.05) is 42.8 Å². The summed E-state index contributed by atoms with van der Waals surface area (Å²) in [5, 5.41) is 3.27.